The van der Waals surface area contributed by atoms with Crippen molar-refractivity contribution in [3.63, 3.8) is 0 Å². The second-order valence-electron chi connectivity index (χ2n) is 7.01. The molecule has 0 atom stereocenters. The van der Waals surface area contributed by atoms with E-state index < -0.39 is 0 Å². The Morgan fingerprint density at radius 3 is 2.52 bits per heavy atom. The summed E-state index contributed by atoms with van der Waals surface area (Å²) in [6.45, 7) is -0.0109. The number of hydrogen-bond acceptors (Lipinski definition) is 5. The van der Waals surface area contributed by atoms with Crippen LogP contribution in [0.3, 0.4) is 0 Å². The number of anilines is 1. The summed E-state index contributed by atoms with van der Waals surface area (Å²) in [4.78, 5) is 46.7. The van der Waals surface area contributed by atoms with Gasteiger partial charge in [0.25, 0.3) is 5.91 Å². The minimum absolute atomic E-state index is 0.0561. The highest BCUT2D eigenvalue weighted by Gasteiger charge is 2.33. The summed E-state index contributed by atoms with van der Waals surface area (Å²) in [6, 6.07) is 13.5. The van der Waals surface area contributed by atoms with E-state index in [2.05, 4.69) is 4.98 Å². The predicted molar refractivity (Wildman–Crippen MR) is 113 cm³/mol. The molecule has 0 aliphatic carbocycles. The smallest absolute Gasteiger partial charge is 0.254 e. The van der Waals surface area contributed by atoms with Gasteiger partial charge in [-0.15, -0.1) is 0 Å². The van der Waals surface area contributed by atoms with Crippen molar-refractivity contribution in [1.29, 1.82) is 0 Å². The lowest BCUT2D eigenvalue weighted by molar-refractivity contribution is -0.132. The van der Waals surface area contributed by atoms with Crippen LogP contribution >= 0.6 is 11.6 Å². The maximum atomic E-state index is 13.0. The maximum absolute atomic E-state index is 13.0. The summed E-state index contributed by atoms with van der Waals surface area (Å²) in [5.41, 5.74) is 1.07. The van der Waals surface area contributed by atoms with Gasteiger partial charge >= 0.3 is 0 Å². The minimum Gasteiger partial charge on any atom is -0.467 e. The fourth-order valence-corrected chi connectivity index (χ4v) is 3.42. The predicted octanol–water partition coefficient (Wildman–Crippen LogP) is 2.80. The van der Waals surface area contributed by atoms with Crippen molar-refractivity contribution in [2.75, 3.05) is 24.7 Å². The molecule has 31 heavy (non-hydrogen) atoms. The second-order valence-corrected chi connectivity index (χ2v) is 7.44. The zero-order valence-corrected chi connectivity index (χ0v) is 17.2. The van der Waals surface area contributed by atoms with Crippen molar-refractivity contribution >= 4 is 35.0 Å². The number of hydrogen-bond donors (Lipinski definition) is 0. The molecule has 0 unspecified atom stereocenters. The van der Waals surface area contributed by atoms with E-state index in [1.54, 1.807) is 48.5 Å². The van der Waals surface area contributed by atoms with E-state index in [9.17, 15) is 14.4 Å². The van der Waals surface area contributed by atoms with E-state index in [0.29, 0.717) is 22.0 Å². The van der Waals surface area contributed by atoms with Gasteiger partial charge < -0.3 is 14.2 Å². The number of carbonyl (C=O) groups excluding carboxylic acids is 3. The van der Waals surface area contributed by atoms with Crippen molar-refractivity contribution in [2.45, 2.75) is 6.54 Å². The van der Waals surface area contributed by atoms with Crippen molar-refractivity contribution in [3.8, 4) is 0 Å². The fourth-order valence-electron chi connectivity index (χ4n) is 3.29. The van der Waals surface area contributed by atoms with Crippen LogP contribution in [-0.2, 0) is 16.1 Å². The Hall–Kier alpha value is -3.65. The molecule has 1 saturated heterocycles. The molecule has 158 valence electrons. The number of pyridine rings is 1. The van der Waals surface area contributed by atoms with E-state index in [0.717, 1.165) is 0 Å². The molecule has 0 radical (unpaired) electrons. The highest BCUT2D eigenvalue weighted by molar-refractivity contribution is 6.30. The lowest BCUT2D eigenvalue weighted by Gasteiger charge is -2.24. The van der Waals surface area contributed by atoms with Crippen LogP contribution in [0.2, 0.25) is 5.02 Å². The van der Waals surface area contributed by atoms with E-state index in [1.807, 2.05) is 0 Å². The highest BCUT2D eigenvalue weighted by Crippen LogP contribution is 2.22. The summed E-state index contributed by atoms with van der Waals surface area (Å²) < 4.78 is 5.35. The molecule has 9 heteroatoms. The molecule has 2 aromatic heterocycles. The molecule has 1 aliphatic heterocycles. The van der Waals surface area contributed by atoms with Crippen LogP contribution in [0.4, 0.5) is 5.69 Å². The standard InChI is InChI=1S/C22H19ClN4O4/c23-17-3-5-18(6-4-17)27-15-26(14-21(27)29)20(28)13-25(12-19-2-1-11-31-19)22(30)16-7-9-24-10-8-16/h1-11H,12-15H2. The first-order valence-corrected chi connectivity index (χ1v) is 9.94. The van der Waals surface area contributed by atoms with Gasteiger partial charge in [0.05, 0.1) is 12.8 Å². The van der Waals surface area contributed by atoms with Crippen molar-refractivity contribution in [3.05, 3.63) is 83.5 Å². The van der Waals surface area contributed by atoms with Crippen molar-refractivity contribution in [1.82, 2.24) is 14.8 Å². The SMILES string of the molecule is O=C(CN(Cc1ccco1)C(=O)c1ccncc1)N1CC(=O)N(c2ccc(Cl)cc2)C1. The molecular formula is C22H19ClN4O4. The molecule has 0 N–H and O–H groups in total. The molecule has 0 saturated carbocycles. The lowest BCUT2D eigenvalue weighted by Crippen LogP contribution is -2.42. The van der Waals surface area contributed by atoms with Gasteiger partial charge in [-0.3, -0.25) is 24.3 Å². The highest BCUT2D eigenvalue weighted by atomic mass is 35.5. The third-order valence-electron chi connectivity index (χ3n) is 4.90. The summed E-state index contributed by atoms with van der Waals surface area (Å²) in [6.07, 6.45) is 4.54. The van der Waals surface area contributed by atoms with Crippen LogP contribution in [0.1, 0.15) is 16.1 Å². The largest absolute Gasteiger partial charge is 0.467 e. The van der Waals surface area contributed by atoms with Crippen LogP contribution in [-0.4, -0.2) is 52.3 Å². The number of rotatable bonds is 6. The van der Waals surface area contributed by atoms with Gasteiger partial charge in [0.15, 0.2) is 0 Å². The van der Waals surface area contributed by atoms with Gasteiger partial charge in [-0.25, -0.2) is 0 Å². The Bertz CT molecular complexity index is 1070. The first-order chi connectivity index (χ1) is 15.0. The zero-order valence-electron chi connectivity index (χ0n) is 16.5. The Balaban J connectivity index is 1.48. The molecule has 1 fully saturated rings. The number of aromatic nitrogens is 1. The average molecular weight is 439 g/mol. The Kier molecular flexibility index (Phi) is 5.99. The van der Waals surface area contributed by atoms with Crippen molar-refractivity contribution in [2.24, 2.45) is 0 Å². The summed E-state index contributed by atoms with van der Waals surface area (Å²) in [5, 5.41) is 0.562. The van der Waals surface area contributed by atoms with Gasteiger partial charge in [0.1, 0.15) is 25.5 Å². The molecule has 3 heterocycles. The number of amides is 3. The Morgan fingerprint density at radius 1 is 1.10 bits per heavy atom. The average Bonchev–Trinajstić information content (AvgIpc) is 3.43. The minimum atomic E-state index is -0.334. The van der Waals surface area contributed by atoms with E-state index in [-0.39, 0.29) is 44.0 Å². The molecule has 0 spiro atoms. The molecule has 3 aromatic rings. The van der Waals surface area contributed by atoms with Gasteiger partial charge in [-0.05, 0) is 48.5 Å². The van der Waals surface area contributed by atoms with Crippen LogP contribution in [0.25, 0.3) is 0 Å². The number of carbonyl (C=O) groups is 3. The summed E-state index contributed by atoms with van der Waals surface area (Å²) in [7, 11) is 0. The summed E-state index contributed by atoms with van der Waals surface area (Å²) in [5.74, 6) is -0.310. The summed E-state index contributed by atoms with van der Waals surface area (Å²) >= 11 is 5.91. The molecule has 3 amide bonds. The van der Waals surface area contributed by atoms with Crippen molar-refractivity contribution < 1.29 is 18.8 Å². The number of furan rings is 1. The van der Waals surface area contributed by atoms with Crippen LogP contribution in [0, 0.1) is 0 Å². The van der Waals surface area contributed by atoms with Crippen LogP contribution in [0.15, 0.2) is 71.6 Å². The molecular weight excluding hydrogens is 420 g/mol. The van der Waals surface area contributed by atoms with Crippen LogP contribution in [0.5, 0.6) is 0 Å². The second kappa shape index (κ2) is 9.01. The zero-order chi connectivity index (χ0) is 21.8. The topological polar surface area (TPSA) is 87.0 Å². The Morgan fingerprint density at radius 2 is 1.84 bits per heavy atom. The van der Waals surface area contributed by atoms with E-state index >= 15 is 0 Å². The van der Waals surface area contributed by atoms with Crippen LogP contribution < -0.4 is 4.90 Å². The fraction of sp³-hybridized carbons (Fsp3) is 0.182. The maximum Gasteiger partial charge on any atom is 0.254 e. The van der Waals surface area contributed by atoms with Gasteiger partial charge in [0.2, 0.25) is 11.8 Å². The van der Waals surface area contributed by atoms with Gasteiger partial charge in [-0.1, -0.05) is 11.6 Å². The number of halogens is 1. The molecule has 1 aromatic carbocycles. The monoisotopic (exact) mass is 438 g/mol. The van der Waals surface area contributed by atoms with E-state index in [4.69, 9.17) is 16.0 Å². The number of nitrogens with zero attached hydrogens (tertiary/aromatic N) is 4. The Labute approximate surface area is 183 Å². The molecule has 1 aliphatic rings. The molecule has 4 rings (SSSR count). The van der Waals surface area contributed by atoms with Gasteiger partial charge in [-0.2, -0.15) is 0 Å². The van der Waals surface area contributed by atoms with Gasteiger partial charge in [0, 0.05) is 28.7 Å². The van der Waals surface area contributed by atoms with E-state index in [1.165, 1.54) is 33.4 Å². The lowest BCUT2D eigenvalue weighted by atomic mass is 10.2. The quantitative estimate of drug-likeness (QED) is 0.590. The third-order valence-corrected chi connectivity index (χ3v) is 5.15. The third kappa shape index (κ3) is 4.75. The normalized spacial score (nSPS) is 13.5. The molecule has 0 bridgehead atoms. The molecule has 8 nitrogen and oxygen atoms in total. The first kappa shape index (κ1) is 20.6. The number of benzene rings is 1. The first-order valence-electron chi connectivity index (χ1n) is 9.56.